The Morgan fingerprint density at radius 3 is 2.25 bits per heavy atom. The summed E-state index contributed by atoms with van der Waals surface area (Å²) in [6.07, 6.45) is 12.6. The van der Waals surface area contributed by atoms with Crippen molar-refractivity contribution >= 4 is 40.3 Å². The van der Waals surface area contributed by atoms with Gasteiger partial charge in [0, 0.05) is 35.9 Å². The second-order valence-electron chi connectivity index (χ2n) is 13.9. The average molecular weight is 636 g/mol. The van der Waals surface area contributed by atoms with E-state index in [1.54, 1.807) is 12.3 Å². The van der Waals surface area contributed by atoms with Crippen molar-refractivity contribution in [2.75, 3.05) is 25.1 Å². The molecule has 0 aromatic rings. The summed E-state index contributed by atoms with van der Waals surface area (Å²) >= 11 is 0. The maximum Gasteiger partial charge on any atom is 0.315 e. The van der Waals surface area contributed by atoms with Crippen molar-refractivity contribution in [1.29, 1.82) is 0 Å². The number of hydrogen-bond donors (Lipinski definition) is 4. The van der Waals surface area contributed by atoms with Crippen LogP contribution < -0.4 is 21.3 Å². The lowest BCUT2D eigenvalue weighted by Crippen LogP contribution is -2.63. The SMILES string of the molecule is C=CCCNC(=O)C(=O)C(CC1CCC1)NC(=O)[C@@H]1CCCN1C(=O)C(NC(=O)NC1(CS(C)=O)CCCCC1)C(C)(C)C. The molecule has 2 saturated carbocycles. The van der Waals surface area contributed by atoms with Gasteiger partial charge in [-0.3, -0.25) is 23.4 Å². The van der Waals surface area contributed by atoms with Gasteiger partial charge in [0.15, 0.2) is 0 Å². The standard InChI is InChI=1S/C32H53N5O6S/c1-6-7-18-33-28(40)25(38)23(20-22-13-11-14-22)34-27(39)24-15-12-19-37(24)29(41)26(31(2,3)4)35-30(42)36-32(21-44(5)43)16-9-8-10-17-32/h6,22-24,26H,1,7-21H2,2-5H3,(H,33,40)(H,34,39)(H2,35,36,42)/t23?,24-,26?,44?/m0/s1. The van der Waals surface area contributed by atoms with Crippen molar-refractivity contribution in [3.8, 4) is 0 Å². The lowest BCUT2D eigenvalue weighted by atomic mass is 9.80. The monoisotopic (exact) mass is 635 g/mol. The minimum Gasteiger partial charge on any atom is -0.349 e. The quantitative estimate of drug-likeness (QED) is 0.131. The number of ketones is 1. The molecular formula is C32H53N5O6S. The zero-order chi connectivity index (χ0) is 32.5. The van der Waals surface area contributed by atoms with Crippen molar-refractivity contribution in [3.05, 3.63) is 12.7 Å². The fourth-order valence-electron chi connectivity index (χ4n) is 6.54. The van der Waals surface area contributed by atoms with Crippen LogP contribution in [0.1, 0.15) is 97.8 Å². The van der Waals surface area contributed by atoms with Gasteiger partial charge < -0.3 is 26.2 Å². The fraction of sp³-hybridized carbons (Fsp3) is 0.781. The molecule has 5 amide bonds. The van der Waals surface area contributed by atoms with E-state index in [1.807, 2.05) is 20.8 Å². The molecule has 1 heterocycles. The van der Waals surface area contributed by atoms with Crippen LogP contribution in [0.3, 0.4) is 0 Å². The van der Waals surface area contributed by atoms with Gasteiger partial charge in [0.2, 0.25) is 17.6 Å². The zero-order valence-electron chi connectivity index (χ0n) is 27.0. The third-order valence-corrected chi connectivity index (χ3v) is 10.1. The molecule has 3 fully saturated rings. The Labute approximate surface area is 264 Å². The molecule has 4 N–H and O–H groups in total. The Morgan fingerprint density at radius 2 is 1.68 bits per heavy atom. The average Bonchev–Trinajstić information content (AvgIpc) is 3.42. The van der Waals surface area contributed by atoms with E-state index in [2.05, 4.69) is 27.8 Å². The van der Waals surface area contributed by atoms with Crippen LogP contribution in [0.5, 0.6) is 0 Å². The molecule has 0 spiro atoms. The summed E-state index contributed by atoms with van der Waals surface area (Å²) in [6.45, 7) is 9.82. The summed E-state index contributed by atoms with van der Waals surface area (Å²) in [5.74, 6) is -1.63. The summed E-state index contributed by atoms with van der Waals surface area (Å²) in [5, 5.41) is 11.4. The van der Waals surface area contributed by atoms with Crippen LogP contribution in [0.25, 0.3) is 0 Å². The van der Waals surface area contributed by atoms with Gasteiger partial charge in [-0.25, -0.2) is 4.79 Å². The van der Waals surface area contributed by atoms with Crippen LogP contribution in [0.15, 0.2) is 12.7 Å². The minimum absolute atomic E-state index is 0.261. The first kappa shape index (κ1) is 35.7. The molecule has 12 heteroatoms. The maximum absolute atomic E-state index is 14.0. The van der Waals surface area contributed by atoms with Crippen molar-refractivity contribution in [1.82, 2.24) is 26.2 Å². The molecule has 1 saturated heterocycles. The van der Waals surface area contributed by atoms with Crippen LogP contribution in [-0.4, -0.2) is 87.4 Å². The van der Waals surface area contributed by atoms with E-state index in [9.17, 15) is 28.2 Å². The molecule has 44 heavy (non-hydrogen) atoms. The van der Waals surface area contributed by atoms with Crippen molar-refractivity contribution < 1.29 is 28.2 Å². The molecule has 11 nitrogen and oxygen atoms in total. The highest BCUT2D eigenvalue weighted by Crippen LogP contribution is 2.32. The Kier molecular flexibility index (Phi) is 13.0. The van der Waals surface area contributed by atoms with E-state index in [0.717, 1.165) is 51.4 Å². The molecule has 0 bridgehead atoms. The number of carbonyl (C=O) groups excluding carboxylic acids is 5. The number of nitrogens with one attached hydrogen (secondary N) is 4. The van der Waals surface area contributed by atoms with Gasteiger partial charge in [-0.15, -0.1) is 6.58 Å². The first-order valence-electron chi connectivity index (χ1n) is 16.2. The molecular weight excluding hydrogens is 582 g/mol. The van der Waals surface area contributed by atoms with Gasteiger partial charge in [0.1, 0.15) is 12.1 Å². The summed E-state index contributed by atoms with van der Waals surface area (Å²) in [7, 11) is -1.10. The smallest absolute Gasteiger partial charge is 0.315 e. The van der Waals surface area contributed by atoms with Gasteiger partial charge in [0.05, 0.1) is 11.6 Å². The Bertz CT molecular complexity index is 1100. The first-order valence-corrected chi connectivity index (χ1v) is 17.9. The molecule has 3 unspecified atom stereocenters. The molecule has 3 aliphatic rings. The molecule has 0 radical (unpaired) electrons. The first-order chi connectivity index (χ1) is 20.8. The second kappa shape index (κ2) is 16.0. The highest BCUT2D eigenvalue weighted by Gasteiger charge is 2.44. The predicted molar refractivity (Wildman–Crippen MR) is 171 cm³/mol. The van der Waals surface area contributed by atoms with Crippen LogP contribution in [0.2, 0.25) is 0 Å². The van der Waals surface area contributed by atoms with E-state index in [0.29, 0.717) is 38.0 Å². The van der Waals surface area contributed by atoms with Gasteiger partial charge in [-0.1, -0.05) is 65.4 Å². The van der Waals surface area contributed by atoms with Crippen molar-refractivity contribution in [2.45, 2.75) is 121 Å². The lowest BCUT2D eigenvalue weighted by Gasteiger charge is -2.40. The van der Waals surface area contributed by atoms with Gasteiger partial charge in [-0.05, 0) is 49.9 Å². The number of hydrogen-bond acceptors (Lipinski definition) is 6. The number of urea groups is 1. The number of Topliss-reactive ketones (excluding diaryl/α,β-unsaturated/α-hetero) is 1. The number of likely N-dealkylation sites (tertiary alicyclic amines) is 1. The predicted octanol–water partition coefficient (Wildman–Crippen LogP) is 2.71. The summed E-state index contributed by atoms with van der Waals surface area (Å²) < 4.78 is 12.2. The van der Waals surface area contributed by atoms with E-state index in [-0.39, 0.29) is 18.4 Å². The van der Waals surface area contributed by atoms with Crippen LogP contribution in [0, 0.1) is 11.3 Å². The Morgan fingerprint density at radius 1 is 1.00 bits per heavy atom. The van der Waals surface area contributed by atoms with E-state index in [4.69, 9.17) is 0 Å². The Hall–Kier alpha value is -2.76. The highest BCUT2D eigenvalue weighted by molar-refractivity contribution is 7.84. The minimum atomic E-state index is -1.10. The normalized spacial score (nSPS) is 22.1. The number of rotatable bonds is 14. The van der Waals surface area contributed by atoms with E-state index >= 15 is 0 Å². The molecule has 0 aromatic carbocycles. The fourth-order valence-corrected chi connectivity index (χ4v) is 7.68. The molecule has 2 aliphatic carbocycles. The maximum atomic E-state index is 14.0. The second-order valence-corrected chi connectivity index (χ2v) is 15.4. The third-order valence-electron chi connectivity index (χ3n) is 9.18. The van der Waals surface area contributed by atoms with E-state index in [1.165, 1.54) is 4.90 Å². The zero-order valence-corrected chi connectivity index (χ0v) is 27.8. The number of carbonyl (C=O) groups is 5. The van der Waals surface area contributed by atoms with Crippen molar-refractivity contribution in [2.24, 2.45) is 11.3 Å². The third kappa shape index (κ3) is 9.87. The van der Waals surface area contributed by atoms with Crippen LogP contribution in [-0.2, 0) is 30.0 Å². The summed E-state index contributed by atoms with van der Waals surface area (Å²) in [6, 6.07) is -3.19. The summed E-state index contributed by atoms with van der Waals surface area (Å²) in [5.41, 5.74) is -1.25. The number of nitrogens with zero attached hydrogens (tertiary/aromatic N) is 1. The van der Waals surface area contributed by atoms with Gasteiger partial charge in [-0.2, -0.15) is 0 Å². The van der Waals surface area contributed by atoms with Crippen molar-refractivity contribution in [3.63, 3.8) is 0 Å². The molecule has 0 aromatic heterocycles. The largest absolute Gasteiger partial charge is 0.349 e. The topological polar surface area (TPSA) is 154 Å². The molecule has 248 valence electrons. The van der Waals surface area contributed by atoms with Crippen LogP contribution >= 0.6 is 0 Å². The number of amides is 5. The van der Waals surface area contributed by atoms with Gasteiger partial charge in [0.25, 0.3) is 5.91 Å². The molecule has 1 aliphatic heterocycles. The summed E-state index contributed by atoms with van der Waals surface area (Å²) in [4.78, 5) is 68.1. The molecule has 3 rings (SSSR count). The van der Waals surface area contributed by atoms with E-state index < -0.39 is 63.5 Å². The Balaban J connectivity index is 1.72. The van der Waals surface area contributed by atoms with Gasteiger partial charge >= 0.3 is 6.03 Å². The highest BCUT2D eigenvalue weighted by atomic mass is 32.2. The van der Waals surface area contributed by atoms with Crippen LogP contribution in [0.4, 0.5) is 4.79 Å². The lowest BCUT2D eigenvalue weighted by molar-refractivity contribution is -0.144. The molecule has 4 atom stereocenters.